The third-order valence-corrected chi connectivity index (χ3v) is 9.46. The lowest BCUT2D eigenvalue weighted by Crippen LogP contribution is -2.37. The number of ether oxygens (including phenoxy) is 6. The second-order valence-electron chi connectivity index (χ2n) is 10.9. The van der Waals surface area contributed by atoms with E-state index < -0.39 is 35.3 Å². The standard InChI is InChI=1S/C28H36I3N3O10/c1-14(2)26(38)40-8-7-39-17(35)11-32-23-21(30)18(24(36)33-9-15-12-41-27(3,4)43-15)20(29)19(22(23)31)25(37)34-10-16-13-42-28(5,6)44-16/h15-16,32H,1,7-13H2,2-6H3,(H,33,36)(H,34,37). The van der Waals surface area contributed by atoms with Crippen molar-refractivity contribution in [1.82, 2.24) is 10.6 Å². The van der Waals surface area contributed by atoms with Crippen LogP contribution in [0.5, 0.6) is 0 Å². The van der Waals surface area contributed by atoms with E-state index in [4.69, 9.17) is 28.4 Å². The first-order valence-electron chi connectivity index (χ1n) is 13.6. The van der Waals surface area contributed by atoms with Gasteiger partial charge in [0, 0.05) is 22.2 Å². The molecule has 0 aliphatic carbocycles. The van der Waals surface area contributed by atoms with Gasteiger partial charge in [-0.3, -0.25) is 14.4 Å². The molecule has 0 spiro atoms. The molecule has 2 aliphatic heterocycles. The van der Waals surface area contributed by atoms with Crippen LogP contribution in [0.1, 0.15) is 55.3 Å². The maximum Gasteiger partial charge on any atom is 0.333 e. The smallest absolute Gasteiger partial charge is 0.333 e. The topological polar surface area (TPSA) is 160 Å². The Labute approximate surface area is 297 Å². The maximum atomic E-state index is 13.5. The van der Waals surface area contributed by atoms with Crippen molar-refractivity contribution in [2.45, 2.75) is 58.4 Å². The molecule has 244 valence electrons. The molecule has 1 aromatic carbocycles. The Morgan fingerprint density at radius 1 is 0.818 bits per heavy atom. The first kappa shape index (κ1) is 37.1. The average Bonchev–Trinajstić information content (AvgIpc) is 3.47. The lowest BCUT2D eigenvalue weighted by atomic mass is 10.1. The molecule has 2 heterocycles. The van der Waals surface area contributed by atoms with Crippen molar-refractivity contribution >= 4 is 97.2 Å². The summed E-state index contributed by atoms with van der Waals surface area (Å²) in [5, 5.41) is 8.79. The molecular formula is C28H36I3N3O10. The number of esters is 2. The number of carbonyl (C=O) groups is 4. The molecule has 0 bridgehead atoms. The SMILES string of the molecule is C=C(C)C(=O)OCCOC(=O)CNc1c(I)c(C(=O)NCC2COC(C)(C)O2)c(I)c(C(=O)NCC2COC(C)(C)O2)c1I. The summed E-state index contributed by atoms with van der Waals surface area (Å²) in [4.78, 5) is 51.1. The minimum atomic E-state index is -0.742. The van der Waals surface area contributed by atoms with Gasteiger partial charge in [-0.05, 0) is 102 Å². The van der Waals surface area contributed by atoms with Crippen LogP contribution in [-0.2, 0) is 38.0 Å². The highest BCUT2D eigenvalue weighted by atomic mass is 127. The van der Waals surface area contributed by atoms with E-state index in [1.807, 2.05) is 67.8 Å². The molecule has 2 unspecified atom stereocenters. The Balaban J connectivity index is 1.79. The van der Waals surface area contributed by atoms with E-state index in [2.05, 4.69) is 22.5 Å². The van der Waals surface area contributed by atoms with Crippen LogP contribution in [0.25, 0.3) is 0 Å². The lowest BCUT2D eigenvalue weighted by Gasteiger charge is -2.21. The van der Waals surface area contributed by atoms with Crippen LogP contribution in [-0.4, -0.2) is 93.6 Å². The second-order valence-corrected chi connectivity index (χ2v) is 14.1. The van der Waals surface area contributed by atoms with Gasteiger partial charge in [0.1, 0.15) is 32.0 Å². The summed E-state index contributed by atoms with van der Waals surface area (Å²) in [6.07, 6.45) is -0.674. The number of halogens is 3. The van der Waals surface area contributed by atoms with E-state index in [0.717, 1.165) is 0 Å². The summed E-state index contributed by atoms with van der Waals surface area (Å²) in [6, 6.07) is 0. The average molecular weight is 955 g/mol. The van der Waals surface area contributed by atoms with Crippen LogP contribution < -0.4 is 16.0 Å². The largest absolute Gasteiger partial charge is 0.461 e. The van der Waals surface area contributed by atoms with E-state index in [-0.39, 0.29) is 61.8 Å². The fourth-order valence-electron chi connectivity index (χ4n) is 4.16. The van der Waals surface area contributed by atoms with E-state index in [0.29, 0.717) is 29.6 Å². The summed E-state index contributed by atoms with van der Waals surface area (Å²) in [5.41, 5.74) is 1.18. The molecule has 16 heteroatoms. The normalized spacial score (nSPS) is 20.1. The number of nitrogens with one attached hydrogen (secondary N) is 3. The third-order valence-electron chi connectivity index (χ3n) is 6.22. The van der Waals surface area contributed by atoms with Crippen molar-refractivity contribution in [1.29, 1.82) is 0 Å². The van der Waals surface area contributed by atoms with Gasteiger partial charge in [0.2, 0.25) is 0 Å². The van der Waals surface area contributed by atoms with E-state index in [1.165, 1.54) is 6.92 Å². The summed E-state index contributed by atoms with van der Waals surface area (Å²) in [7, 11) is 0. The first-order chi connectivity index (χ1) is 20.5. The Morgan fingerprint density at radius 3 is 1.68 bits per heavy atom. The molecule has 2 atom stereocenters. The molecule has 0 saturated carbocycles. The van der Waals surface area contributed by atoms with Crippen molar-refractivity contribution in [2.75, 3.05) is 51.4 Å². The Kier molecular flexibility index (Phi) is 13.5. The van der Waals surface area contributed by atoms with Crippen molar-refractivity contribution in [3.8, 4) is 0 Å². The van der Waals surface area contributed by atoms with Gasteiger partial charge in [-0.25, -0.2) is 4.79 Å². The van der Waals surface area contributed by atoms with Gasteiger partial charge in [-0.1, -0.05) is 6.58 Å². The monoisotopic (exact) mass is 955 g/mol. The van der Waals surface area contributed by atoms with Crippen molar-refractivity contribution in [3.63, 3.8) is 0 Å². The van der Waals surface area contributed by atoms with Crippen LogP contribution >= 0.6 is 67.8 Å². The highest BCUT2D eigenvalue weighted by molar-refractivity contribution is 14.1. The van der Waals surface area contributed by atoms with Gasteiger partial charge < -0.3 is 44.4 Å². The number of amides is 2. The Bertz CT molecular complexity index is 1230. The summed E-state index contributed by atoms with van der Waals surface area (Å²) >= 11 is 6.02. The second kappa shape index (κ2) is 16.0. The molecule has 13 nitrogen and oxygen atoms in total. The highest BCUT2D eigenvalue weighted by Crippen LogP contribution is 2.36. The van der Waals surface area contributed by atoms with Crippen molar-refractivity contribution in [2.24, 2.45) is 0 Å². The number of hydrogen-bond donors (Lipinski definition) is 3. The molecule has 3 N–H and O–H groups in total. The van der Waals surface area contributed by atoms with Crippen molar-refractivity contribution < 1.29 is 47.6 Å². The van der Waals surface area contributed by atoms with E-state index in [9.17, 15) is 19.2 Å². The van der Waals surface area contributed by atoms with E-state index in [1.54, 1.807) is 27.7 Å². The molecule has 44 heavy (non-hydrogen) atoms. The van der Waals surface area contributed by atoms with Crippen LogP contribution in [0.15, 0.2) is 12.2 Å². The number of rotatable bonds is 13. The molecule has 1 aromatic rings. The number of carbonyl (C=O) groups excluding carboxylic acids is 4. The fraction of sp³-hybridized carbons (Fsp3) is 0.571. The van der Waals surface area contributed by atoms with Gasteiger partial charge in [-0.2, -0.15) is 0 Å². The predicted octanol–water partition coefficient (Wildman–Crippen LogP) is 3.34. The van der Waals surface area contributed by atoms with E-state index >= 15 is 0 Å². The molecule has 0 aromatic heterocycles. The summed E-state index contributed by atoms with van der Waals surface area (Å²) < 4.78 is 34.3. The highest BCUT2D eigenvalue weighted by Gasteiger charge is 2.35. The quantitative estimate of drug-likeness (QED) is 0.115. The summed E-state index contributed by atoms with van der Waals surface area (Å²) in [5.74, 6) is -3.53. The van der Waals surface area contributed by atoms with Crippen LogP contribution in [0.4, 0.5) is 5.69 Å². The molecular weight excluding hydrogens is 919 g/mol. The molecule has 2 aliphatic rings. The zero-order valence-corrected chi connectivity index (χ0v) is 31.5. The summed E-state index contributed by atoms with van der Waals surface area (Å²) in [6.45, 7) is 12.7. The Morgan fingerprint density at radius 2 is 1.27 bits per heavy atom. The Hall–Kier alpha value is -1.33. The molecule has 0 radical (unpaired) electrons. The minimum absolute atomic E-state index is 0.121. The zero-order chi connectivity index (χ0) is 32.8. The van der Waals surface area contributed by atoms with Gasteiger partial charge >= 0.3 is 11.9 Å². The van der Waals surface area contributed by atoms with Crippen LogP contribution in [0.2, 0.25) is 0 Å². The minimum Gasteiger partial charge on any atom is -0.461 e. The predicted molar refractivity (Wildman–Crippen MR) is 184 cm³/mol. The van der Waals surface area contributed by atoms with Crippen LogP contribution in [0.3, 0.4) is 0 Å². The first-order valence-corrected chi connectivity index (χ1v) is 16.9. The van der Waals surface area contributed by atoms with Gasteiger partial charge in [-0.15, -0.1) is 0 Å². The van der Waals surface area contributed by atoms with Crippen molar-refractivity contribution in [3.05, 3.63) is 34.0 Å². The fourth-order valence-corrected chi connectivity index (χ4v) is 8.69. The van der Waals surface area contributed by atoms with Crippen LogP contribution in [0, 0.1) is 10.7 Å². The number of benzene rings is 1. The molecule has 2 saturated heterocycles. The molecule has 2 fully saturated rings. The molecule has 3 rings (SSSR count). The van der Waals surface area contributed by atoms with Gasteiger partial charge in [0.05, 0.1) is 37.2 Å². The maximum absolute atomic E-state index is 13.5. The lowest BCUT2D eigenvalue weighted by molar-refractivity contribution is -0.148. The molecule has 2 amide bonds. The van der Waals surface area contributed by atoms with Gasteiger partial charge in [0.15, 0.2) is 11.6 Å². The zero-order valence-electron chi connectivity index (χ0n) is 25.0. The number of anilines is 1. The number of hydrogen-bond acceptors (Lipinski definition) is 11. The third kappa shape index (κ3) is 10.3. The van der Waals surface area contributed by atoms with Gasteiger partial charge in [0.25, 0.3) is 11.8 Å².